The second-order valence-electron chi connectivity index (χ2n) is 3.51. The Morgan fingerprint density at radius 3 is 2.53 bits per heavy atom. The fraction of sp³-hybridized carbons (Fsp3) is 0.167. The molecule has 0 unspecified atom stereocenters. The highest BCUT2D eigenvalue weighted by atomic mass is 35.5. The van der Waals surface area contributed by atoms with Crippen LogP contribution in [0.3, 0.4) is 0 Å². The Labute approximate surface area is 112 Å². The van der Waals surface area contributed by atoms with Crippen LogP contribution in [0.5, 0.6) is 0 Å². The summed E-state index contributed by atoms with van der Waals surface area (Å²) in [6, 6.07) is 1.24. The van der Waals surface area contributed by atoms with E-state index in [1.165, 1.54) is 0 Å². The lowest BCUT2D eigenvalue weighted by Crippen LogP contribution is -2.36. The highest BCUT2D eigenvalue weighted by Gasteiger charge is 2.22. The van der Waals surface area contributed by atoms with Gasteiger partial charge in [-0.3, -0.25) is 9.59 Å². The fourth-order valence-corrected chi connectivity index (χ4v) is 1.48. The summed E-state index contributed by atoms with van der Waals surface area (Å²) in [6.07, 6.45) is 4.99. The lowest BCUT2D eigenvalue weighted by molar-refractivity contribution is -0.137. The zero-order valence-corrected chi connectivity index (χ0v) is 10.2. The number of terminal acetylenes is 1. The minimum Gasteiger partial charge on any atom is -0.480 e. The van der Waals surface area contributed by atoms with Crippen molar-refractivity contribution in [2.24, 2.45) is 0 Å². The number of hydrogen-bond acceptors (Lipinski definition) is 2. The van der Waals surface area contributed by atoms with Crippen LogP contribution in [0.4, 0.5) is 8.78 Å². The van der Waals surface area contributed by atoms with Crippen molar-refractivity contribution in [1.82, 2.24) is 4.90 Å². The molecule has 1 rings (SSSR count). The topological polar surface area (TPSA) is 57.6 Å². The second kappa shape index (κ2) is 6.16. The molecule has 0 aromatic heterocycles. The number of carboxylic acids is 1. The van der Waals surface area contributed by atoms with Crippen molar-refractivity contribution in [3.8, 4) is 12.3 Å². The first kappa shape index (κ1) is 14.9. The third-order valence-corrected chi connectivity index (χ3v) is 2.43. The molecule has 0 radical (unpaired) electrons. The summed E-state index contributed by atoms with van der Waals surface area (Å²) in [7, 11) is 0. The van der Waals surface area contributed by atoms with Gasteiger partial charge in [0.15, 0.2) is 0 Å². The van der Waals surface area contributed by atoms with Gasteiger partial charge in [0, 0.05) is 0 Å². The molecule has 7 heteroatoms. The first-order chi connectivity index (χ1) is 8.86. The predicted molar refractivity (Wildman–Crippen MR) is 63.7 cm³/mol. The molecule has 0 aliphatic carbocycles. The van der Waals surface area contributed by atoms with Crippen LogP contribution in [0, 0.1) is 24.0 Å². The Balaban J connectivity index is 3.13. The summed E-state index contributed by atoms with van der Waals surface area (Å²) in [4.78, 5) is 23.1. The lowest BCUT2D eigenvalue weighted by Gasteiger charge is -2.18. The molecule has 1 N–H and O–H groups in total. The molecule has 4 nitrogen and oxygen atoms in total. The van der Waals surface area contributed by atoms with Crippen molar-refractivity contribution in [1.29, 1.82) is 0 Å². The van der Waals surface area contributed by atoms with Gasteiger partial charge < -0.3 is 10.0 Å². The van der Waals surface area contributed by atoms with Gasteiger partial charge in [0.2, 0.25) is 0 Å². The Kier molecular flexibility index (Phi) is 4.84. The normalized spacial score (nSPS) is 9.79. The Morgan fingerprint density at radius 2 is 2.00 bits per heavy atom. The molecular formula is C12H8ClF2NO3. The number of carbonyl (C=O) groups is 2. The maximum atomic E-state index is 13.5. The summed E-state index contributed by atoms with van der Waals surface area (Å²) in [5.41, 5.74) is -0.626. The minimum atomic E-state index is -1.32. The van der Waals surface area contributed by atoms with E-state index >= 15 is 0 Å². The number of amides is 1. The Bertz CT molecular complexity index is 569. The number of aliphatic carboxylic acids is 1. The molecule has 0 spiro atoms. The zero-order chi connectivity index (χ0) is 14.6. The van der Waals surface area contributed by atoms with Crippen LogP contribution in [-0.2, 0) is 4.79 Å². The van der Waals surface area contributed by atoms with Crippen molar-refractivity contribution >= 4 is 23.5 Å². The van der Waals surface area contributed by atoms with Crippen LogP contribution < -0.4 is 0 Å². The Hall–Kier alpha value is -2.13. The molecule has 0 saturated heterocycles. The van der Waals surface area contributed by atoms with Crippen LogP contribution in [0.2, 0.25) is 5.02 Å². The van der Waals surface area contributed by atoms with Gasteiger partial charge >= 0.3 is 5.97 Å². The Morgan fingerprint density at radius 1 is 1.37 bits per heavy atom. The standard InChI is InChI=1S/C12H8ClF2NO3/c1-2-3-16(6-11(17)18)12(19)7-4-10(15)8(13)5-9(7)14/h1,4-5H,3,6H2,(H,17,18). The first-order valence-electron chi connectivity index (χ1n) is 4.96. The average molecular weight is 288 g/mol. The van der Waals surface area contributed by atoms with Crippen LogP contribution in [0.15, 0.2) is 12.1 Å². The highest BCUT2D eigenvalue weighted by molar-refractivity contribution is 6.30. The molecule has 0 fully saturated rings. The van der Waals surface area contributed by atoms with Crippen LogP contribution in [0.25, 0.3) is 0 Å². The van der Waals surface area contributed by atoms with Gasteiger partial charge in [0.1, 0.15) is 18.2 Å². The van der Waals surface area contributed by atoms with E-state index in [-0.39, 0.29) is 6.54 Å². The molecule has 19 heavy (non-hydrogen) atoms. The van der Waals surface area contributed by atoms with Crippen molar-refractivity contribution in [2.75, 3.05) is 13.1 Å². The molecule has 0 heterocycles. The number of hydrogen-bond donors (Lipinski definition) is 1. The van der Waals surface area contributed by atoms with Gasteiger partial charge in [0.05, 0.1) is 17.1 Å². The molecule has 0 atom stereocenters. The number of nitrogens with zero attached hydrogens (tertiary/aromatic N) is 1. The number of halogens is 3. The van der Waals surface area contributed by atoms with E-state index in [0.717, 1.165) is 0 Å². The van der Waals surface area contributed by atoms with Crippen LogP contribution >= 0.6 is 11.6 Å². The van der Waals surface area contributed by atoms with Crippen molar-refractivity contribution in [2.45, 2.75) is 0 Å². The van der Waals surface area contributed by atoms with E-state index in [9.17, 15) is 18.4 Å². The molecular weight excluding hydrogens is 280 g/mol. The summed E-state index contributed by atoms with van der Waals surface area (Å²) in [6.45, 7) is -1.05. The maximum Gasteiger partial charge on any atom is 0.323 e. The van der Waals surface area contributed by atoms with E-state index in [1.807, 2.05) is 0 Å². The largest absolute Gasteiger partial charge is 0.480 e. The molecule has 1 aromatic rings. The van der Waals surface area contributed by atoms with E-state index in [2.05, 4.69) is 5.92 Å². The molecule has 0 saturated carbocycles. The summed E-state index contributed by atoms with van der Waals surface area (Å²) in [5, 5.41) is 8.15. The van der Waals surface area contributed by atoms with Gasteiger partial charge in [-0.05, 0) is 12.1 Å². The summed E-state index contributed by atoms with van der Waals surface area (Å²) >= 11 is 5.35. The molecule has 1 aromatic carbocycles. The zero-order valence-electron chi connectivity index (χ0n) is 9.49. The van der Waals surface area contributed by atoms with Gasteiger partial charge in [-0.1, -0.05) is 17.5 Å². The molecule has 1 amide bonds. The van der Waals surface area contributed by atoms with E-state index < -0.39 is 40.6 Å². The van der Waals surface area contributed by atoms with E-state index in [4.69, 9.17) is 23.1 Å². The van der Waals surface area contributed by atoms with Crippen LogP contribution in [-0.4, -0.2) is 35.0 Å². The summed E-state index contributed by atoms with van der Waals surface area (Å²) < 4.78 is 26.7. The number of benzene rings is 1. The van der Waals surface area contributed by atoms with E-state index in [1.54, 1.807) is 0 Å². The smallest absolute Gasteiger partial charge is 0.323 e. The van der Waals surface area contributed by atoms with Gasteiger partial charge in [0.25, 0.3) is 5.91 Å². The number of carbonyl (C=O) groups excluding carboxylic acids is 1. The van der Waals surface area contributed by atoms with Crippen LogP contribution in [0.1, 0.15) is 10.4 Å². The molecule has 0 aliphatic heterocycles. The third-order valence-electron chi connectivity index (χ3n) is 2.14. The first-order valence-corrected chi connectivity index (χ1v) is 5.33. The fourth-order valence-electron chi connectivity index (χ4n) is 1.33. The number of carboxylic acid groups (broad SMARTS) is 1. The SMILES string of the molecule is C#CCN(CC(=O)O)C(=O)c1cc(F)c(Cl)cc1F. The molecule has 0 aliphatic rings. The van der Waals surface area contributed by atoms with Crippen molar-refractivity contribution < 1.29 is 23.5 Å². The molecule has 0 bridgehead atoms. The van der Waals surface area contributed by atoms with Gasteiger partial charge in [-0.25, -0.2) is 8.78 Å². The summed E-state index contributed by atoms with van der Waals surface area (Å²) in [5.74, 6) is -2.31. The highest BCUT2D eigenvalue weighted by Crippen LogP contribution is 2.20. The van der Waals surface area contributed by atoms with E-state index in [0.29, 0.717) is 17.0 Å². The monoisotopic (exact) mass is 287 g/mol. The second-order valence-corrected chi connectivity index (χ2v) is 3.91. The predicted octanol–water partition coefficient (Wildman–Crippen LogP) is 1.78. The van der Waals surface area contributed by atoms with Crippen molar-refractivity contribution in [3.63, 3.8) is 0 Å². The third kappa shape index (κ3) is 3.66. The average Bonchev–Trinajstić information content (AvgIpc) is 2.32. The molecule has 100 valence electrons. The minimum absolute atomic E-state index is 0.338. The van der Waals surface area contributed by atoms with Gasteiger partial charge in [-0.2, -0.15) is 0 Å². The van der Waals surface area contributed by atoms with Crippen molar-refractivity contribution in [3.05, 3.63) is 34.4 Å². The maximum absolute atomic E-state index is 13.5. The lowest BCUT2D eigenvalue weighted by atomic mass is 10.1. The quantitative estimate of drug-likeness (QED) is 0.678. The van der Waals surface area contributed by atoms with Gasteiger partial charge in [-0.15, -0.1) is 6.42 Å². The number of rotatable bonds is 4.